The van der Waals surface area contributed by atoms with Crippen LogP contribution in [-0.4, -0.2) is 72.7 Å². The molecule has 2 fully saturated rings. The van der Waals surface area contributed by atoms with E-state index >= 15 is 0 Å². The predicted molar refractivity (Wildman–Crippen MR) is 123 cm³/mol. The zero-order valence-electron chi connectivity index (χ0n) is 19.0. The Morgan fingerprint density at radius 3 is 2.52 bits per heavy atom. The molecule has 1 aromatic carbocycles. The molecular formula is C24H31N5O4. The zero-order chi connectivity index (χ0) is 23.4. The first-order valence-electron chi connectivity index (χ1n) is 11.7. The second-order valence-corrected chi connectivity index (χ2v) is 8.77. The van der Waals surface area contributed by atoms with Gasteiger partial charge in [0.15, 0.2) is 0 Å². The van der Waals surface area contributed by atoms with Gasteiger partial charge in [0.2, 0.25) is 17.7 Å². The van der Waals surface area contributed by atoms with Crippen LogP contribution < -0.4 is 15.8 Å². The molecule has 2 unspecified atom stereocenters. The first kappa shape index (κ1) is 23.0. The van der Waals surface area contributed by atoms with Gasteiger partial charge in [-0.25, -0.2) is 5.01 Å². The Hall–Kier alpha value is -3.20. The number of hydrazine groups is 1. The van der Waals surface area contributed by atoms with Crippen molar-refractivity contribution < 1.29 is 19.2 Å². The molecule has 2 N–H and O–H groups in total. The number of hydrogen-bond acceptors (Lipinski definition) is 5. The van der Waals surface area contributed by atoms with Crippen LogP contribution in [0.5, 0.6) is 0 Å². The first-order chi connectivity index (χ1) is 16.0. The summed E-state index contributed by atoms with van der Waals surface area (Å²) < 4.78 is 0. The molecule has 2 aliphatic heterocycles. The second-order valence-electron chi connectivity index (χ2n) is 8.77. The SMILES string of the molecule is CCCNC(=O)CN1CCN(C(=O)c2cccc(N3NC(=O)C4CC=CCC4C3=O)c2)CC1. The maximum Gasteiger partial charge on any atom is 0.254 e. The molecule has 1 aromatic rings. The highest BCUT2D eigenvalue weighted by molar-refractivity contribution is 6.05. The van der Waals surface area contributed by atoms with Crippen LogP contribution in [0.15, 0.2) is 36.4 Å². The number of allylic oxidation sites excluding steroid dienone is 2. The number of nitrogens with zero attached hydrogens (tertiary/aromatic N) is 3. The number of piperazine rings is 1. The van der Waals surface area contributed by atoms with E-state index in [2.05, 4.69) is 10.7 Å². The molecule has 1 aliphatic carbocycles. The lowest BCUT2D eigenvalue weighted by atomic mass is 9.80. The fraction of sp³-hybridized carbons (Fsp3) is 0.500. The molecular weight excluding hydrogens is 422 g/mol. The summed E-state index contributed by atoms with van der Waals surface area (Å²) in [4.78, 5) is 54.4. The van der Waals surface area contributed by atoms with Crippen LogP contribution in [0.25, 0.3) is 0 Å². The lowest BCUT2D eigenvalue weighted by molar-refractivity contribution is -0.139. The van der Waals surface area contributed by atoms with Gasteiger partial charge in [-0.3, -0.25) is 29.5 Å². The van der Waals surface area contributed by atoms with Gasteiger partial charge in [-0.15, -0.1) is 0 Å². The van der Waals surface area contributed by atoms with Crippen molar-refractivity contribution >= 4 is 29.3 Å². The topological polar surface area (TPSA) is 102 Å². The molecule has 0 bridgehead atoms. The van der Waals surface area contributed by atoms with Crippen molar-refractivity contribution in [1.29, 1.82) is 0 Å². The number of hydrogen-bond donors (Lipinski definition) is 2. The molecule has 2 atom stereocenters. The van der Waals surface area contributed by atoms with Crippen molar-refractivity contribution in [3.63, 3.8) is 0 Å². The lowest BCUT2D eigenvalue weighted by Crippen LogP contribution is -2.59. The molecule has 3 aliphatic rings. The van der Waals surface area contributed by atoms with E-state index in [1.54, 1.807) is 29.2 Å². The normalized spacial score (nSPS) is 23.2. The van der Waals surface area contributed by atoms with Gasteiger partial charge in [0.25, 0.3) is 5.91 Å². The number of nitrogens with one attached hydrogen (secondary N) is 2. The van der Waals surface area contributed by atoms with E-state index in [-0.39, 0.29) is 35.5 Å². The highest BCUT2D eigenvalue weighted by Gasteiger charge is 2.42. The molecule has 176 valence electrons. The predicted octanol–water partition coefficient (Wildman–Crippen LogP) is 0.931. The van der Waals surface area contributed by atoms with Crippen LogP contribution in [0.3, 0.4) is 0 Å². The van der Waals surface area contributed by atoms with E-state index < -0.39 is 0 Å². The van der Waals surface area contributed by atoms with Crippen molar-refractivity contribution in [2.75, 3.05) is 44.3 Å². The summed E-state index contributed by atoms with van der Waals surface area (Å²) in [6.45, 7) is 5.33. The number of fused-ring (bicyclic) bond motifs is 1. The summed E-state index contributed by atoms with van der Waals surface area (Å²) in [5.41, 5.74) is 3.66. The van der Waals surface area contributed by atoms with E-state index in [1.807, 2.05) is 24.0 Å². The van der Waals surface area contributed by atoms with Crippen LogP contribution in [0.2, 0.25) is 0 Å². The summed E-state index contributed by atoms with van der Waals surface area (Å²) in [7, 11) is 0. The Kier molecular flexibility index (Phi) is 7.08. The average molecular weight is 454 g/mol. The Morgan fingerprint density at radius 2 is 1.79 bits per heavy atom. The van der Waals surface area contributed by atoms with Gasteiger partial charge in [0, 0.05) is 38.3 Å². The van der Waals surface area contributed by atoms with Gasteiger partial charge in [-0.2, -0.15) is 0 Å². The average Bonchev–Trinajstić information content (AvgIpc) is 2.85. The molecule has 2 heterocycles. The van der Waals surface area contributed by atoms with E-state index in [0.29, 0.717) is 63.4 Å². The molecule has 0 saturated carbocycles. The fourth-order valence-electron chi connectivity index (χ4n) is 4.58. The van der Waals surface area contributed by atoms with Crippen LogP contribution in [0.1, 0.15) is 36.5 Å². The highest BCUT2D eigenvalue weighted by atomic mass is 16.2. The molecule has 0 spiro atoms. The number of benzene rings is 1. The van der Waals surface area contributed by atoms with Crippen LogP contribution in [0, 0.1) is 11.8 Å². The Bertz CT molecular complexity index is 954. The second kappa shape index (κ2) is 10.2. The monoisotopic (exact) mass is 453 g/mol. The summed E-state index contributed by atoms with van der Waals surface area (Å²) in [5.74, 6) is -1.13. The molecule has 0 aromatic heterocycles. The summed E-state index contributed by atoms with van der Waals surface area (Å²) in [6.07, 6.45) is 5.91. The Morgan fingerprint density at radius 1 is 1.06 bits per heavy atom. The van der Waals surface area contributed by atoms with Crippen LogP contribution in [0.4, 0.5) is 5.69 Å². The third-order valence-corrected chi connectivity index (χ3v) is 6.48. The third-order valence-electron chi connectivity index (χ3n) is 6.48. The van der Waals surface area contributed by atoms with E-state index in [4.69, 9.17) is 0 Å². The number of anilines is 1. The smallest absolute Gasteiger partial charge is 0.254 e. The van der Waals surface area contributed by atoms with Crippen molar-refractivity contribution in [3.05, 3.63) is 42.0 Å². The molecule has 0 radical (unpaired) electrons. The number of rotatable bonds is 6. The van der Waals surface area contributed by atoms with Gasteiger partial charge >= 0.3 is 0 Å². The summed E-state index contributed by atoms with van der Waals surface area (Å²) >= 11 is 0. The van der Waals surface area contributed by atoms with E-state index in [9.17, 15) is 19.2 Å². The standard InChI is InChI=1S/C24H31N5O4/c1-2-10-25-21(30)16-27-11-13-28(14-12-27)23(32)17-6-5-7-18(15-17)29-24(33)20-9-4-3-8-19(20)22(31)26-29/h3-7,15,19-20H,2,8-14,16H2,1H3,(H,25,30)(H,26,31). The minimum absolute atomic E-state index is 0.00766. The Labute approximate surface area is 193 Å². The minimum atomic E-state index is -0.370. The number of amides is 4. The number of carbonyl (C=O) groups is 4. The van der Waals surface area contributed by atoms with Gasteiger partial charge in [-0.1, -0.05) is 25.1 Å². The molecule has 9 nitrogen and oxygen atoms in total. The van der Waals surface area contributed by atoms with Gasteiger partial charge in [0.05, 0.1) is 24.1 Å². The van der Waals surface area contributed by atoms with E-state index in [1.165, 1.54) is 5.01 Å². The van der Waals surface area contributed by atoms with Crippen LogP contribution in [-0.2, 0) is 14.4 Å². The number of carbonyl (C=O) groups excluding carboxylic acids is 4. The molecule has 33 heavy (non-hydrogen) atoms. The van der Waals surface area contributed by atoms with Crippen molar-refractivity contribution in [1.82, 2.24) is 20.5 Å². The van der Waals surface area contributed by atoms with Crippen LogP contribution >= 0.6 is 0 Å². The lowest BCUT2D eigenvalue weighted by Gasteiger charge is -2.38. The van der Waals surface area contributed by atoms with Gasteiger partial charge < -0.3 is 10.2 Å². The van der Waals surface area contributed by atoms with Crippen molar-refractivity contribution in [2.24, 2.45) is 11.8 Å². The van der Waals surface area contributed by atoms with Gasteiger partial charge in [0.1, 0.15) is 0 Å². The highest BCUT2D eigenvalue weighted by Crippen LogP contribution is 2.32. The molecule has 2 saturated heterocycles. The fourth-order valence-corrected chi connectivity index (χ4v) is 4.58. The summed E-state index contributed by atoms with van der Waals surface area (Å²) in [6, 6.07) is 6.83. The van der Waals surface area contributed by atoms with Gasteiger partial charge in [-0.05, 0) is 37.5 Å². The first-order valence-corrected chi connectivity index (χ1v) is 11.7. The molecule has 9 heteroatoms. The zero-order valence-corrected chi connectivity index (χ0v) is 19.0. The molecule has 4 amide bonds. The summed E-state index contributed by atoms with van der Waals surface area (Å²) in [5, 5.41) is 4.16. The van der Waals surface area contributed by atoms with E-state index in [0.717, 1.165) is 6.42 Å². The van der Waals surface area contributed by atoms with Crippen molar-refractivity contribution in [2.45, 2.75) is 26.2 Å². The maximum atomic E-state index is 13.1. The molecule has 4 rings (SSSR count). The third kappa shape index (κ3) is 5.08. The van der Waals surface area contributed by atoms with Crippen molar-refractivity contribution in [3.8, 4) is 0 Å². The maximum absolute atomic E-state index is 13.1. The quantitative estimate of drug-likeness (QED) is 0.624. The minimum Gasteiger partial charge on any atom is -0.355 e. The largest absolute Gasteiger partial charge is 0.355 e. The Balaban J connectivity index is 1.38.